The van der Waals surface area contributed by atoms with Gasteiger partial charge in [0.25, 0.3) is 0 Å². The zero-order valence-corrected chi connectivity index (χ0v) is 12.8. The van der Waals surface area contributed by atoms with Gasteiger partial charge in [-0.05, 0) is 62.5 Å². The fourth-order valence-electron chi connectivity index (χ4n) is 3.93. The molecule has 1 unspecified atom stereocenters. The van der Waals surface area contributed by atoms with Crippen LogP contribution in [0.5, 0.6) is 5.75 Å². The molecule has 1 atom stereocenters. The lowest BCUT2D eigenvalue weighted by Gasteiger charge is -2.40. The third-order valence-electron chi connectivity index (χ3n) is 4.93. The van der Waals surface area contributed by atoms with Crippen LogP contribution in [0.3, 0.4) is 0 Å². The highest BCUT2D eigenvalue weighted by molar-refractivity contribution is 5.27. The predicted octanol–water partition coefficient (Wildman–Crippen LogP) is 2.61. The van der Waals surface area contributed by atoms with Gasteiger partial charge in [-0.15, -0.1) is 0 Å². The van der Waals surface area contributed by atoms with Gasteiger partial charge in [-0.1, -0.05) is 12.1 Å². The Morgan fingerprint density at radius 2 is 1.90 bits per heavy atom. The molecule has 0 aliphatic carbocycles. The van der Waals surface area contributed by atoms with Gasteiger partial charge in [0.15, 0.2) is 0 Å². The van der Waals surface area contributed by atoms with E-state index in [9.17, 15) is 0 Å². The minimum atomic E-state index is 0.569. The fourth-order valence-corrected chi connectivity index (χ4v) is 3.93. The number of methoxy groups -OCH3 is 1. The average Bonchev–Trinajstić information content (AvgIpc) is 2.80. The third kappa shape index (κ3) is 2.99. The number of likely N-dealkylation sites (tertiary alicyclic amines) is 2. The van der Waals surface area contributed by atoms with Gasteiger partial charge in [-0.2, -0.15) is 0 Å². The van der Waals surface area contributed by atoms with E-state index in [4.69, 9.17) is 4.74 Å². The second kappa shape index (κ2) is 5.74. The maximum atomic E-state index is 5.23. The smallest absolute Gasteiger partial charge is 0.118 e. The van der Waals surface area contributed by atoms with E-state index in [1.807, 2.05) is 0 Å². The minimum Gasteiger partial charge on any atom is -0.497 e. The van der Waals surface area contributed by atoms with Crippen molar-refractivity contribution in [1.29, 1.82) is 0 Å². The molecule has 3 nitrogen and oxygen atoms in total. The molecular formula is C17H26N2O. The van der Waals surface area contributed by atoms with Crippen LogP contribution in [0.4, 0.5) is 0 Å². The van der Waals surface area contributed by atoms with Crippen LogP contribution in [0.25, 0.3) is 0 Å². The number of hydrogen-bond donors (Lipinski definition) is 0. The highest BCUT2D eigenvalue weighted by Crippen LogP contribution is 2.38. The van der Waals surface area contributed by atoms with Gasteiger partial charge in [-0.25, -0.2) is 0 Å². The number of nitrogens with zero attached hydrogens (tertiary/aromatic N) is 2. The molecule has 2 heterocycles. The van der Waals surface area contributed by atoms with Crippen molar-refractivity contribution in [2.75, 3.05) is 40.3 Å². The maximum Gasteiger partial charge on any atom is 0.118 e. The number of benzene rings is 1. The van der Waals surface area contributed by atoms with Crippen molar-refractivity contribution in [3.63, 3.8) is 0 Å². The van der Waals surface area contributed by atoms with Crippen molar-refractivity contribution in [2.24, 2.45) is 5.41 Å². The number of hydrogen-bond acceptors (Lipinski definition) is 3. The van der Waals surface area contributed by atoms with Gasteiger partial charge in [0.2, 0.25) is 0 Å². The van der Waals surface area contributed by atoms with E-state index in [1.165, 1.54) is 51.0 Å². The molecule has 2 saturated heterocycles. The molecule has 2 aliphatic heterocycles. The first-order valence-electron chi connectivity index (χ1n) is 7.73. The van der Waals surface area contributed by atoms with Gasteiger partial charge in [0.1, 0.15) is 5.75 Å². The number of piperidine rings is 1. The first kappa shape index (κ1) is 13.9. The van der Waals surface area contributed by atoms with Crippen LogP contribution in [-0.2, 0) is 6.54 Å². The Kier molecular flexibility index (Phi) is 3.99. The molecule has 2 aliphatic rings. The third-order valence-corrected chi connectivity index (χ3v) is 4.93. The van der Waals surface area contributed by atoms with Crippen molar-refractivity contribution < 1.29 is 4.74 Å². The lowest BCUT2D eigenvalue weighted by molar-refractivity contribution is 0.0899. The second-order valence-electron chi connectivity index (χ2n) is 6.65. The molecule has 2 fully saturated rings. The molecule has 110 valence electrons. The normalized spacial score (nSPS) is 28.1. The van der Waals surface area contributed by atoms with Crippen molar-refractivity contribution in [3.8, 4) is 5.75 Å². The first-order valence-corrected chi connectivity index (χ1v) is 7.73. The topological polar surface area (TPSA) is 15.7 Å². The average molecular weight is 274 g/mol. The molecule has 1 aromatic rings. The quantitative estimate of drug-likeness (QED) is 0.842. The summed E-state index contributed by atoms with van der Waals surface area (Å²) in [5, 5.41) is 0. The summed E-state index contributed by atoms with van der Waals surface area (Å²) in [4.78, 5) is 5.14. The first-order chi connectivity index (χ1) is 9.69. The number of rotatable bonds is 3. The second-order valence-corrected chi connectivity index (χ2v) is 6.65. The summed E-state index contributed by atoms with van der Waals surface area (Å²) in [7, 11) is 3.98. The van der Waals surface area contributed by atoms with Crippen LogP contribution < -0.4 is 4.74 Å². The van der Waals surface area contributed by atoms with Crippen molar-refractivity contribution >= 4 is 0 Å². The number of ether oxygens (including phenoxy) is 1. The maximum absolute atomic E-state index is 5.23. The largest absolute Gasteiger partial charge is 0.497 e. The summed E-state index contributed by atoms with van der Waals surface area (Å²) in [6.07, 6.45) is 4.14. The Labute approximate surface area is 122 Å². The molecule has 0 aromatic heterocycles. The Hall–Kier alpha value is -1.06. The summed E-state index contributed by atoms with van der Waals surface area (Å²) in [6.45, 7) is 6.15. The molecule has 20 heavy (non-hydrogen) atoms. The lowest BCUT2D eigenvalue weighted by Crippen LogP contribution is -2.44. The highest BCUT2D eigenvalue weighted by atomic mass is 16.5. The van der Waals surface area contributed by atoms with Crippen LogP contribution in [0.1, 0.15) is 24.8 Å². The van der Waals surface area contributed by atoms with Crippen LogP contribution in [0, 0.1) is 5.41 Å². The van der Waals surface area contributed by atoms with Crippen molar-refractivity contribution in [1.82, 2.24) is 9.80 Å². The van der Waals surface area contributed by atoms with Crippen molar-refractivity contribution in [3.05, 3.63) is 29.8 Å². The van der Waals surface area contributed by atoms with Gasteiger partial charge in [0, 0.05) is 19.6 Å². The summed E-state index contributed by atoms with van der Waals surface area (Å²) in [5.74, 6) is 0.946. The fraction of sp³-hybridized carbons (Fsp3) is 0.647. The van der Waals surface area contributed by atoms with E-state index in [-0.39, 0.29) is 0 Å². The van der Waals surface area contributed by atoms with Crippen LogP contribution in [-0.4, -0.2) is 50.1 Å². The van der Waals surface area contributed by atoms with Gasteiger partial charge < -0.3 is 9.64 Å². The standard InChI is InChI=1S/C17H26N2O/c1-18-11-9-17(13-18)8-3-10-19(14-17)12-15-4-6-16(20-2)7-5-15/h4-7H,3,8-14H2,1-2H3. The summed E-state index contributed by atoms with van der Waals surface area (Å²) < 4.78 is 5.23. The van der Waals surface area contributed by atoms with Crippen molar-refractivity contribution in [2.45, 2.75) is 25.8 Å². The van der Waals surface area contributed by atoms with Gasteiger partial charge >= 0.3 is 0 Å². The zero-order chi connectivity index (χ0) is 14.0. The molecule has 0 N–H and O–H groups in total. The predicted molar refractivity (Wildman–Crippen MR) is 82.1 cm³/mol. The van der Waals surface area contributed by atoms with E-state index in [0.717, 1.165) is 12.3 Å². The van der Waals surface area contributed by atoms with Gasteiger partial charge in [-0.3, -0.25) is 4.90 Å². The Morgan fingerprint density at radius 3 is 2.55 bits per heavy atom. The monoisotopic (exact) mass is 274 g/mol. The van der Waals surface area contributed by atoms with E-state index >= 15 is 0 Å². The van der Waals surface area contributed by atoms with E-state index in [2.05, 4.69) is 41.1 Å². The molecule has 1 aromatic carbocycles. The molecule has 0 saturated carbocycles. The molecule has 1 spiro atoms. The summed E-state index contributed by atoms with van der Waals surface area (Å²) >= 11 is 0. The molecule has 3 rings (SSSR count). The molecule has 0 amide bonds. The summed E-state index contributed by atoms with van der Waals surface area (Å²) in [5.41, 5.74) is 1.97. The van der Waals surface area contributed by atoms with Crippen LogP contribution in [0.15, 0.2) is 24.3 Å². The minimum absolute atomic E-state index is 0.569. The molecule has 0 radical (unpaired) electrons. The Morgan fingerprint density at radius 1 is 1.10 bits per heavy atom. The SMILES string of the molecule is COc1ccc(CN2CCCC3(CCN(C)C3)C2)cc1. The lowest BCUT2D eigenvalue weighted by atomic mass is 9.79. The highest BCUT2D eigenvalue weighted by Gasteiger charge is 2.39. The van der Waals surface area contributed by atoms with E-state index in [0.29, 0.717) is 5.41 Å². The van der Waals surface area contributed by atoms with Gasteiger partial charge in [0.05, 0.1) is 7.11 Å². The van der Waals surface area contributed by atoms with E-state index < -0.39 is 0 Å². The molecular weight excluding hydrogens is 248 g/mol. The zero-order valence-electron chi connectivity index (χ0n) is 12.8. The van der Waals surface area contributed by atoms with Crippen LogP contribution in [0.2, 0.25) is 0 Å². The Bertz CT molecular complexity index is 441. The van der Waals surface area contributed by atoms with Crippen LogP contribution >= 0.6 is 0 Å². The van der Waals surface area contributed by atoms with E-state index in [1.54, 1.807) is 7.11 Å². The molecule has 0 bridgehead atoms. The Balaban J connectivity index is 1.62. The molecule has 3 heteroatoms. The summed E-state index contributed by atoms with van der Waals surface area (Å²) in [6, 6.07) is 8.53.